The molecule has 0 radical (unpaired) electrons. The minimum Gasteiger partial charge on any atom is -1.00 e. The van der Waals surface area contributed by atoms with Crippen LogP contribution in [-0.4, -0.2) is 19.4 Å². The molecule has 1 heterocycles. The first-order chi connectivity index (χ1) is 10.7. The Labute approximate surface area is 154 Å². The van der Waals surface area contributed by atoms with Gasteiger partial charge in [-0.1, -0.05) is 18.2 Å². The van der Waals surface area contributed by atoms with Crippen molar-refractivity contribution in [1.29, 1.82) is 0 Å². The number of nitrogens with zero attached hydrogens (tertiary/aromatic N) is 1. The molecule has 3 N–H and O–H groups in total. The Morgan fingerprint density at radius 3 is 2.58 bits per heavy atom. The predicted molar refractivity (Wildman–Crippen MR) is 86.3 cm³/mol. The van der Waals surface area contributed by atoms with Crippen molar-refractivity contribution in [1.82, 2.24) is 0 Å². The molecule has 6 heteroatoms. The van der Waals surface area contributed by atoms with Gasteiger partial charge in [-0.3, -0.25) is 4.90 Å². The molecular weight excluding hydrogens is 348 g/mol. The average Bonchev–Trinajstić information content (AvgIpc) is 2.91. The molecule has 0 fully saturated rings. The van der Waals surface area contributed by atoms with E-state index < -0.39 is 0 Å². The minimum atomic E-state index is -0.172. The number of nitrogens with two attached hydrogens (primary N) is 1. The quantitative estimate of drug-likeness (QED) is 0.481. The molecule has 1 aliphatic heterocycles. The number of nitrogens with one attached hydrogen (secondary N) is 1. The number of rotatable bonds is 6. The highest BCUT2D eigenvalue weighted by Gasteiger charge is 2.20. The lowest BCUT2D eigenvalue weighted by molar-refractivity contribution is -0.730. The summed E-state index contributed by atoms with van der Waals surface area (Å²) >= 11 is 0. The van der Waals surface area contributed by atoms with E-state index in [2.05, 4.69) is 35.4 Å². The molecule has 0 bridgehead atoms. The van der Waals surface area contributed by atoms with Gasteiger partial charge in [-0.25, -0.2) is 4.39 Å². The predicted octanol–water partition coefficient (Wildman–Crippen LogP) is -4.51. The van der Waals surface area contributed by atoms with Gasteiger partial charge in [0.25, 0.3) is 0 Å². The highest BCUT2D eigenvalue weighted by molar-refractivity contribution is 5.72. The minimum absolute atomic E-state index is 0. The summed E-state index contributed by atoms with van der Waals surface area (Å²) < 4.78 is 12.8. The normalized spacial score (nSPS) is 14.7. The van der Waals surface area contributed by atoms with Crippen LogP contribution in [0.5, 0.6) is 0 Å². The Morgan fingerprint density at radius 1 is 1.08 bits per heavy atom. The summed E-state index contributed by atoms with van der Waals surface area (Å²) in [6.07, 6.45) is 3.13. The molecule has 0 aromatic heterocycles. The SMILES string of the molecule is Cc1ccc2c(c1)[NH+](CCC[NH2+]Cc1ccc(F)cc1)C=N2.[Cl-].[Cl-]. The van der Waals surface area contributed by atoms with E-state index in [9.17, 15) is 4.39 Å². The zero-order valence-corrected chi connectivity index (χ0v) is 15.1. The van der Waals surface area contributed by atoms with E-state index in [4.69, 9.17) is 0 Å². The third kappa shape index (κ3) is 5.28. The summed E-state index contributed by atoms with van der Waals surface area (Å²) in [4.78, 5) is 5.81. The molecule has 0 amide bonds. The van der Waals surface area contributed by atoms with Crippen molar-refractivity contribution in [2.45, 2.75) is 19.9 Å². The fraction of sp³-hybridized carbons (Fsp3) is 0.278. The summed E-state index contributed by atoms with van der Waals surface area (Å²) in [7, 11) is 0. The van der Waals surface area contributed by atoms with E-state index in [0.29, 0.717) is 0 Å². The number of aliphatic imine (C=N–C) groups is 1. The van der Waals surface area contributed by atoms with Crippen LogP contribution in [0.4, 0.5) is 15.8 Å². The van der Waals surface area contributed by atoms with Crippen LogP contribution in [0.15, 0.2) is 47.5 Å². The van der Waals surface area contributed by atoms with E-state index in [-0.39, 0.29) is 30.6 Å². The third-order valence-electron chi connectivity index (χ3n) is 4.01. The van der Waals surface area contributed by atoms with Gasteiger partial charge in [-0.15, -0.1) is 0 Å². The monoisotopic (exact) mass is 369 g/mol. The number of quaternary nitrogens is 2. The van der Waals surface area contributed by atoms with Gasteiger partial charge < -0.3 is 30.1 Å². The fourth-order valence-electron chi connectivity index (χ4n) is 2.76. The Bertz CT molecular complexity index is 674. The lowest BCUT2D eigenvalue weighted by atomic mass is 10.2. The maximum absolute atomic E-state index is 12.8. The first-order valence-electron chi connectivity index (χ1n) is 7.79. The molecule has 0 aliphatic carbocycles. The lowest BCUT2D eigenvalue weighted by Crippen LogP contribution is -3.05. The van der Waals surface area contributed by atoms with Crippen LogP contribution >= 0.6 is 0 Å². The van der Waals surface area contributed by atoms with Gasteiger partial charge in [-0.05, 0) is 30.7 Å². The van der Waals surface area contributed by atoms with E-state index in [1.165, 1.54) is 28.3 Å². The number of hydrogen-bond acceptors (Lipinski definition) is 1. The van der Waals surface area contributed by atoms with Gasteiger partial charge >= 0.3 is 0 Å². The first-order valence-corrected chi connectivity index (χ1v) is 7.79. The van der Waals surface area contributed by atoms with E-state index in [1.54, 1.807) is 0 Å². The highest BCUT2D eigenvalue weighted by atomic mass is 35.5. The van der Waals surface area contributed by atoms with Crippen LogP contribution < -0.4 is 35.0 Å². The van der Waals surface area contributed by atoms with Crippen molar-refractivity contribution in [3.63, 3.8) is 0 Å². The zero-order valence-electron chi connectivity index (χ0n) is 13.6. The summed E-state index contributed by atoms with van der Waals surface area (Å²) in [6.45, 7) is 5.14. The molecule has 3 rings (SSSR count). The molecule has 0 saturated heterocycles. The van der Waals surface area contributed by atoms with Gasteiger partial charge in [0.05, 0.1) is 13.1 Å². The van der Waals surface area contributed by atoms with Gasteiger partial charge in [0, 0.05) is 18.1 Å². The van der Waals surface area contributed by atoms with Gasteiger partial charge in [-0.2, -0.15) is 4.99 Å². The summed E-state index contributed by atoms with van der Waals surface area (Å²) in [5, 5.41) is 2.27. The van der Waals surface area contributed by atoms with Crippen LogP contribution in [0.1, 0.15) is 17.5 Å². The topological polar surface area (TPSA) is 33.4 Å². The van der Waals surface area contributed by atoms with E-state index in [1.807, 2.05) is 18.5 Å². The van der Waals surface area contributed by atoms with Crippen LogP contribution in [0, 0.1) is 12.7 Å². The maximum Gasteiger partial charge on any atom is 0.194 e. The number of halogens is 3. The highest BCUT2D eigenvalue weighted by Crippen LogP contribution is 2.24. The molecule has 24 heavy (non-hydrogen) atoms. The smallest absolute Gasteiger partial charge is 0.194 e. The Balaban J connectivity index is 0.00000144. The fourth-order valence-corrected chi connectivity index (χ4v) is 2.76. The van der Waals surface area contributed by atoms with E-state index in [0.717, 1.165) is 37.3 Å². The lowest BCUT2D eigenvalue weighted by Gasteiger charge is -2.10. The number of aryl methyl sites for hydroxylation is 1. The standard InChI is InChI=1S/C18H20FN3.2ClH/c1-14-3-8-17-18(11-14)22(13-21-17)10-2-9-20-12-15-4-6-16(19)7-5-15;;/h3-8,11,13,20H,2,9-10,12H2,1H3;2*1H. The molecule has 1 aliphatic rings. The van der Waals surface area contributed by atoms with Crippen molar-refractivity contribution >= 4 is 17.7 Å². The number of fused-ring (bicyclic) bond motifs is 1. The second-order valence-electron chi connectivity index (χ2n) is 5.82. The van der Waals surface area contributed by atoms with Crippen LogP contribution in [0.2, 0.25) is 0 Å². The van der Waals surface area contributed by atoms with Crippen molar-refractivity contribution in [3.05, 3.63) is 59.4 Å². The molecular formula is C18H22Cl2FN3. The largest absolute Gasteiger partial charge is 1.00 e. The molecule has 2 aromatic carbocycles. The van der Waals surface area contributed by atoms with Gasteiger partial charge in [0.1, 0.15) is 18.0 Å². The van der Waals surface area contributed by atoms with E-state index >= 15 is 0 Å². The molecule has 2 aromatic rings. The van der Waals surface area contributed by atoms with Crippen molar-refractivity contribution in [3.8, 4) is 0 Å². The van der Waals surface area contributed by atoms with Crippen LogP contribution in [-0.2, 0) is 6.54 Å². The van der Waals surface area contributed by atoms with Gasteiger partial charge in [0.15, 0.2) is 12.0 Å². The molecule has 0 spiro atoms. The Kier molecular flexibility index (Phi) is 8.36. The summed E-state index contributed by atoms with van der Waals surface area (Å²) in [5.74, 6) is -0.172. The number of benzene rings is 2. The molecule has 3 nitrogen and oxygen atoms in total. The molecule has 130 valence electrons. The molecule has 0 saturated carbocycles. The van der Waals surface area contributed by atoms with Crippen LogP contribution in [0.25, 0.3) is 0 Å². The van der Waals surface area contributed by atoms with Gasteiger partial charge in [0.2, 0.25) is 0 Å². The summed E-state index contributed by atoms with van der Waals surface area (Å²) in [6, 6.07) is 13.2. The maximum atomic E-state index is 12.8. The molecule has 1 unspecified atom stereocenters. The number of hydrogen-bond donors (Lipinski definition) is 2. The average molecular weight is 370 g/mol. The first kappa shape index (κ1) is 20.6. The third-order valence-corrected chi connectivity index (χ3v) is 4.01. The summed E-state index contributed by atoms with van der Waals surface area (Å²) in [5.41, 5.74) is 4.83. The second kappa shape index (κ2) is 9.74. The van der Waals surface area contributed by atoms with Crippen molar-refractivity contribution in [2.75, 3.05) is 13.1 Å². The second-order valence-corrected chi connectivity index (χ2v) is 5.82. The van der Waals surface area contributed by atoms with Crippen molar-refractivity contribution < 1.29 is 39.4 Å². The van der Waals surface area contributed by atoms with Crippen LogP contribution in [0.3, 0.4) is 0 Å². The Morgan fingerprint density at radius 2 is 1.83 bits per heavy atom. The Hall–Kier alpha value is -1.46. The molecule has 1 atom stereocenters. The zero-order chi connectivity index (χ0) is 15.4. The van der Waals surface area contributed by atoms with Crippen molar-refractivity contribution in [2.24, 2.45) is 4.99 Å².